The van der Waals surface area contributed by atoms with Crippen LogP contribution in [0.5, 0.6) is 0 Å². The first-order valence-corrected chi connectivity index (χ1v) is 18.7. The lowest BCUT2D eigenvalue weighted by molar-refractivity contribution is 0.660. The topological polar surface area (TPSA) is 16.4 Å². The molecule has 270 valence electrons. The van der Waals surface area contributed by atoms with Crippen LogP contribution in [0.1, 0.15) is 42.8 Å². The fourth-order valence-electron chi connectivity index (χ4n) is 8.37. The molecule has 0 aliphatic heterocycles. The molecule has 1 aliphatic carbocycles. The Morgan fingerprint density at radius 3 is 1.89 bits per heavy atom. The molecule has 10 aromatic rings. The van der Waals surface area contributed by atoms with E-state index < -0.39 is 106 Å². The summed E-state index contributed by atoms with van der Waals surface area (Å²) >= 11 is 0. The van der Waals surface area contributed by atoms with Crippen LogP contribution in [0.25, 0.3) is 77.2 Å². The number of fused-ring (bicyclic) bond motifs is 8. The molecule has 1 heterocycles. The Morgan fingerprint density at radius 2 is 1.11 bits per heavy atom. The minimum absolute atomic E-state index is 0.138. The molecule has 9 aromatic carbocycles. The molecule has 0 N–H and O–H groups in total. The Hall–Kier alpha value is -7.16. The molecule has 0 saturated carbocycles. The highest BCUT2D eigenvalue weighted by atomic mass is 16.3. The van der Waals surface area contributed by atoms with Gasteiger partial charge in [0.1, 0.15) is 11.2 Å². The van der Waals surface area contributed by atoms with Crippen molar-refractivity contribution in [2.45, 2.75) is 19.3 Å². The van der Waals surface area contributed by atoms with E-state index in [0.29, 0.717) is 22.5 Å². The van der Waals surface area contributed by atoms with E-state index in [2.05, 4.69) is 32.0 Å². The summed E-state index contributed by atoms with van der Waals surface area (Å²) in [6.45, 7) is 4.28. The van der Waals surface area contributed by atoms with E-state index in [4.69, 9.17) is 14.0 Å². The first-order valence-electron chi connectivity index (χ1n) is 25.2. The van der Waals surface area contributed by atoms with E-state index in [1.807, 2.05) is 103 Å². The minimum atomic E-state index is -0.776. The molecule has 0 fully saturated rings. The first-order chi connectivity index (χ1) is 33.4. The van der Waals surface area contributed by atoms with Gasteiger partial charge in [-0.25, -0.2) is 0 Å². The summed E-state index contributed by atoms with van der Waals surface area (Å²) in [6, 6.07) is 30.5. The van der Waals surface area contributed by atoms with Crippen LogP contribution >= 0.6 is 0 Å². The molecular formula is C55H39NO. The van der Waals surface area contributed by atoms with Gasteiger partial charge in [0, 0.05) is 38.5 Å². The van der Waals surface area contributed by atoms with Gasteiger partial charge in [-0.05, 0) is 97.9 Å². The lowest BCUT2D eigenvalue weighted by atomic mass is 9.82. The summed E-state index contributed by atoms with van der Waals surface area (Å²) in [5.41, 5.74) is 5.38. The Labute approximate surface area is 351 Å². The van der Waals surface area contributed by atoms with Gasteiger partial charge in [0.05, 0.1) is 23.5 Å². The minimum Gasteiger partial charge on any atom is -0.455 e. The highest BCUT2D eigenvalue weighted by Gasteiger charge is 2.36. The molecule has 1 aliphatic rings. The van der Waals surface area contributed by atoms with E-state index in [1.54, 1.807) is 4.90 Å². The number of furan rings is 1. The Kier molecular flexibility index (Phi) is 5.10. The van der Waals surface area contributed by atoms with Crippen LogP contribution < -0.4 is 4.90 Å². The van der Waals surface area contributed by atoms with Gasteiger partial charge in [-0.3, -0.25) is 0 Å². The second-order valence-corrected chi connectivity index (χ2v) is 14.7. The van der Waals surface area contributed by atoms with E-state index in [0.717, 1.165) is 54.9 Å². The van der Waals surface area contributed by atoms with Gasteiger partial charge in [-0.15, -0.1) is 0 Å². The summed E-state index contributed by atoms with van der Waals surface area (Å²) in [6.07, 6.45) is 0. The van der Waals surface area contributed by atoms with Crippen molar-refractivity contribution in [2.75, 3.05) is 4.90 Å². The lowest BCUT2D eigenvalue weighted by Gasteiger charge is -2.30. The summed E-state index contributed by atoms with van der Waals surface area (Å²) in [5, 5.41) is 3.70. The number of hydrogen-bond acceptors (Lipinski definition) is 2. The number of hydrogen-bond donors (Lipinski definition) is 0. The van der Waals surface area contributed by atoms with Crippen molar-refractivity contribution in [3.8, 4) is 44.5 Å². The van der Waals surface area contributed by atoms with E-state index >= 15 is 0 Å². The molecule has 2 nitrogen and oxygen atoms in total. The zero-order valence-electron chi connectivity index (χ0n) is 43.9. The summed E-state index contributed by atoms with van der Waals surface area (Å²) in [5.74, 6) is 0. The lowest BCUT2D eigenvalue weighted by Crippen LogP contribution is -2.16. The Bertz CT molecular complexity index is 3850. The quantitative estimate of drug-likeness (QED) is 0.169. The highest BCUT2D eigenvalue weighted by Crippen LogP contribution is 2.52. The monoisotopic (exact) mass is 742 g/mol. The first kappa shape index (κ1) is 22.4. The van der Waals surface area contributed by atoms with Crippen LogP contribution in [0.3, 0.4) is 0 Å². The van der Waals surface area contributed by atoms with Gasteiger partial charge in [0.15, 0.2) is 0 Å². The fraction of sp³-hybridized carbons (Fsp3) is 0.0545. The van der Waals surface area contributed by atoms with Crippen LogP contribution in [0, 0.1) is 0 Å². The largest absolute Gasteiger partial charge is 0.455 e. The molecule has 0 radical (unpaired) electrons. The maximum Gasteiger partial charge on any atom is 0.143 e. The van der Waals surface area contributed by atoms with Gasteiger partial charge in [0.25, 0.3) is 0 Å². The smallest absolute Gasteiger partial charge is 0.143 e. The molecule has 0 atom stereocenters. The van der Waals surface area contributed by atoms with Crippen LogP contribution in [0.2, 0.25) is 0 Å². The Morgan fingerprint density at radius 1 is 0.474 bits per heavy atom. The van der Waals surface area contributed by atoms with Gasteiger partial charge >= 0.3 is 0 Å². The number of rotatable bonds is 6. The van der Waals surface area contributed by atoms with Crippen molar-refractivity contribution >= 4 is 49.8 Å². The number of nitrogens with zero attached hydrogens (tertiary/aromatic N) is 1. The van der Waals surface area contributed by atoms with E-state index in [1.165, 1.54) is 0 Å². The van der Waals surface area contributed by atoms with Gasteiger partial charge in [-0.1, -0.05) is 171 Å². The Balaban J connectivity index is 1.17. The van der Waals surface area contributed by atoms with Crippen LogP contribution in [0.4, 0.5) is 17.1 Å². The SMILES string of the molecule is [2H]c1c([2H])c([2H])c(-c2c([2H])c([2H])c(-c3c([2H])c([2H])c(N(c4ccc5c(c4)C(C)(C)c4ccccc4-5)c4ccccc4-c4cccc5oc6c7ccccc7ccc6c45)c([2H])c3[2H])c([2H])c2[2H])c([2H])c1[2H]. The average molecular weight is 743 g/mol. The van der Waals surface area contributed by atoms with Gasteiger partial charge < -0.3 is 9.32 Å². The molecule has 57 heavy (non-hydrogen) atoms. The van der Waals surface area contributed by atoms with Crippen molar-refractivity contribution in [3.05, 3.63) is 211 Å². The third kappa shape index (κ3) is 5.33. The van der Waals surface area contributed by atoms with E-state index in [9.17, 15) is 8.22 Å². The predicted octanol–water partition coefficient (Wildman–Crippen LogP) is 15.5. The molecular weight excluding hydrogens is 691 g/mol. The van der Waals surface area contributed by atoms with Gasteiger partial charge in [0.2, 0.25) is 0 Å². The fourth-order valence-corrected chi connectivity index (χ4v) is 8.37. The number of anilines is 3. The zero-order chi connectivity index (χ0) is 49.4. The summed E-state index contributed by atoms with van der Waals surface area (Å²) in [7, 11) is 0. The maximum atomic E-state index is 9.83. The van der Waals surface area contributed by atoms with Crippen molar-refractivity contribution in [1.29, 1.82) is 0 Å². The van der Waals surface area contributed by atoms with Gasteiger partial charge in [-0.2, -0.15) is 0 Å². The number of para-hydroxylation sites is 1. The maximum absolute atomic E-state index is 9.83. The van der Waals surface area contributed by atoms with Crippen LogP contribution in [0.15, 0.2) is 204 Å². The summed E-state index contributed by atoms with van der Waals surface area (Å²) in [4.78, 5) is 1.71. The molecule has 11 rings (SSSR count). The molecule has 0 unspecified atom stereocenters. The zero-order valence-corrected chi connectivity index (χ0v) is 30.9. The second-order valence-electron chi connectivity index (χ2n) is 14.7. The van der Waals surface area contributed by atoms with Crippen LogP contribution in [-0.2, 0) is 5.41 Å². The van der Waals surface area contributed by atoms with Crippen molar-refractivity contribution in [3.63, 3.8) is 0 Å². The third-order valence-corrected chi connectivity index (χ3v) is 11.1. The standard InChI is InChI=1S/C55H39NO/c1-55(2)49-20-10-8-17-44(49)45-34-32-42(35-50(45)55)56(41-30-27-39(28-31-41)38-25-23-37(24-26-38)36-13-4-3-5-14-36)51-21-11-9-18-46(51)47-19-12-22-52-53(47)48-33-29-40-15-6-7-16-43(40)54(48)57-52/h3-35H,1-2H3/i3D,4D,5D,13D,14D,23D,24D,25D,26D,27D,28D,30D,31D. The molecule has 0 spiro atoms. The van der Waals surface area contributed by atoms with Crippen molar-refractivity contribution < 1.29 is 22.2 Å². The molecule has 0 saturated heterocycles. The highest BCUT2D eigenvalue weighted by molar-refractivity contribution is 6.19. The van der Waals surface area contributed by atoms with Crippen molar-refractivity contribution in [2.24, 2.45) is 0 Å². The molecule has 0 bridgehead atoms. The average Bonchev–Trinajstić information content (AvgIpc) is 3.87. The molecule has 2 heteroatoms. The predicted molar refractivity (Wildman–Crippen MR) is 240 cm³/mol. The second kappa shape index (κ2) is 13.0. The summed E-state index contributed by atoms with van der Waals surface area (Å²) < 4.78 is 123. The molecule has 1 aromatic heterocycles. The third-order valence-electron chi connectivity index (χ3n) is 11.1. The molecule has 0 amide bonds. The van der Waals surface area contributed by atoms with Crippen molar-refractivity contribution in [1.82, 2.24) is 0 Å². The van der Waals surface area contributed by atoms with E-state index in [-0.39, 0.29) is 5.69 Å². The van der Waals surface area contributed by atoms with Crippen LogP contribution in [-0.4, -0.2) is 0 Å². The normalized spacial score (nSPS) is 16.1. The number of benzene rings is 9.